The molecule has 0 aliphatic heterocycles. The second-order valence-electron chi connectivity index (χ2n) is 6.24. The number of methoxy groups -OCH3 is 1. The highest BCUT2D eigenvalue weighted by Crippen LogP contribution is 2.21. The highest BCUT2D eigenvalue weighted by molar-refractivity contribution is 5.79. The van der Waals surface area contributed by atoms with E-state index < -0.39 is 0 Å². The Morgan fingerprint density at radius 2 is 1.82 bits per heavy atom. The molecule has 0 fully saturated rings. The van der Waals surface area contributed by atoms with E-state index in [9.17, 15) is 0 Å². The molecule has 160 valence electrons. The first-order valence-corrected chi connectivity index (χ1v) is 10.1. The lowest BCUT2D eigenvalue weighted by Gasteiger charge is -2.14. The number of aliphatic imine (C=N–C) groups is 1. The van der Waals surface area contributed by atoms with E-state index in [2.05, 4.69) is 47.7 Å². The number of hydrogen-bond acceptors (Lipinski definition) is 5. The first kappa shape index (κ1) is 24.2. The lowest BCUT2D eigenvalue weighted by atomic mass is 10.1. The molecule has 0 radical (unpaired) electrons. The van der Waals surface area contributed by atoms with Crippen molar-refractivity contribution in [2.24, 2.45) is 4.99 Å². The predicted octanol–water partition coefficient (Wildman–Crippen LogP) is 2.52. The third kappa shape index (κ3) is 11.1. The average Bonchev–Trinajstić information content (AvgIpc) is 2.69. The van der Waals surface area contributed by atoms with Crippen molar-refractivity contribution in [2.45, 2.75) is 33.7 Å². The molecule has 0 saturated heterocycles. The van der Waals surface area contributed by atoms with Crippen LogP contribution in [0.25, 0.3) is 0 Å². The van der Waals surface area contributed by atoms with Gasteiger partial charge in [-0.1, -0.05) is 12.1 Å². The summed E-state index contributed by atoms with van der Waals surface area (Å²) in [7, 11) is 1.67. The average molecular weight is 396 g/mol. The van der Waals surface area contributed by atoms with Crippen molar-refractivity contribution in [2.75, 3.05) is 59.8 Å². The van der Waals surface area contributed by atoms with Crippen molar-refractivity contribution in [1.82, 2.24) is 10.6 Å². The number of benzene rings is 1. The minimum absolute atomic E-state index is 0.537. The molecule has 0 atom stereocenters. The van der Waals surface area contributed by atoms with E-state index in [1.165, 1.54) is 0 Å². The molecule has 0 heterocycles. The molecule has 1 rings (SSSR count). The SMILES string of the molecule is CCNC(=NCc1ccc(C)cc1OCCOCC)NCCCOCCOC. The summed E-state index contributed by atoms with van der Waals surface area (Å²) in [5, 5.41) is 6.61. The first-order valence-electron chi connectivity index (χ1n) is 10.1. The topological polar surface area (TPSA) is 73.3 Å². The van der Waals surface area contributed by atoms with Gasteiger partial charge in [-0.15, -0.1) is 0 Å². The minimum Gasteiger partial charge on any atom is -0.491 e. The standard InChI is InChI=1S/C21H37N3O4/c1-5-22-21(23-10-7-11-27-13-12-25-4)24-17-19-9-8-18(3)16-20(19)28-15-14-26-6-2/h8-9,16H,5-7,10-15,17H2,1-4H3,(H2,22,23,24). The van der Waals surface area contributed by atoms with Crippen LogP contribution < -0.4 is 15.4 Å². The van der Waals surface area contributed by atoms with E-state index in [1.807, 2.05) is 6.92 Å². The Bertz CT molecular complexity index is 552. The molecule has 1 aromatic rings. The van der Waals surface area contributed by atoms with E-state index in [1.54, 1.807) is 7.11 Å². The third-order valence-electron chi connectivity index (χ3n) is 3.85. The van der Waals surface area contributed by atoms with E-state index in [0.29, 0.717) is 46.2 Å². The zero-order valence-corrected chi connectivity index (χ0v) is 17.9. The fraction of sp³-hybridized carbons (Fsp3) is 0.667. The van der Waals surface area contributed by atoms with Gasteiger partial charge in [-0.2, -0.15) is 0 Å². The van der Waals surface area contributed by atoms with Crippen LogP contribution in [0.5, 0.6) is 5.75 Å². The van der Waals surface area contributed by atoms with Crippen molar-refractivity contribution in [3.8, 4) is 5.75 Å². The maximum atomic E-state index is 5.90. The van der Waals surface area contributed by atoms with Crippen molar-refractivity contribution in [3.63, 3.8) is 0 Å². The van der Waals surface area contributed by atoms with Gasteiger partial charge in [0.25, 0.3) is 0 Å². The second kappa shape index (κ2) is 16.2. The van der Waals surface area contributed by atoms with Gasteiger partial charge in [-0.05, 0) is 38.8 Å². The Morgan fingerprint density at radius 3 is 2.57 bits per heavy atom. The summed E-state index contributed by atoms with van der Waals surface area (Å²) in [6, 6.07) is 6.20. The number of nitrogens with one attached hydrogen (secondary N) is 2. The van der Waals surface area contributed by atoms with Gasteiger partial charge in [-0.3, -0.25) is 0 Å². The summed E-state index contributed by atoms with van der Waals surface area (Å²) < 4.78 is 21.7. The van der Waals surface area contributed by atoms with Gasteiger partial charge in [0.2, 0.25) is 0 Å². The summed E-state index contributed by atoms with van der Waals surface area (Å²) in [4.78, 5) is 4.69. The van der Waals surface area contributed by atoms with Gasteiger partial charge < -0.3 is 29.6 Å². The normalized spacial score (nSPS) is 11.5. The Balaban J connectivity index is 2.53. The molecule has 0 spiro atoms. The summed E-state index contributed by atoms with van der Waals surface area (Å²) in [6.45, 7) is 12.0. The number of guanidine groups is 1. The number of rotatable bonds is 15. The molecule has 0 aliphatic rings. The zero-order valence-electron chi connectivity index (χ0n) is 17.9. The molecule has 0 aromatic heterocycles. The fourth-order valence-electron chi connectivity index (χ4n) is 2.41. The molecular weight excluding hydrogens is 358 g/mol. The Morgan fingerprint density at radius 1 is 1.00 bits per heavy atom. The summed E-state index contributed by atoms with van der Waals surface area (Å²) in [6.07, 6.45) is 0.907. The molecule has 1 aromatic carbocycles. The first-order chi connectivity index (χ1) is 13.7. The van der Waals surface area contributed by atoms with E-state index in [0.717, 1.165) is 42.3 Å². The van der Waals surface area contributed by atoms with Gasteiger partial charge in [0.1, 0.15) is 12.4 Å². The highest BCUT2D eigenvalue weighted by atomic mass is 16.5. The molecule has 0 unspecified atom stereocenters. The summed E-state index contributed by atoms with van der Waals surface area (Å²) in [5.74, 6) is 1.66. The third-order valence-corrected chi connectivity index (χ3v) is 3.85. The fourth-order valence-corrected chi connectivity index (χ4v) is 2.41. The number of aryl methyl sites for hydroxylation is 1. The molecule has 2 N–H and O–H groups in total. The maximum absolute atomic E-state index is 5.90. The Kier molecular flexibility index (Phi) is 14.0. The van der Waals surface area contributed by atoms with Gasteiger partial charge in [0, 0.05) is 39.0 Å². The second-order valence-corrected chi connectivity index (χ2v) is 6.24. The van der Waals surface area contributed by atoms with Gasteiger partial charge >= 0.3 is 0 Å². The molecule has 0 amide bonds. The van der Waals surface area contributed by atoms with Crippen LogP contribution >= 0.6 is 0 Å². The number of nitrogens with zero attached hydrogens (tertiary/aromatic N) is 1. The monoisotopic (exact) mass is 395 g/mol. The lowest BCUT2D eigenvalue weighted by molar-refractivity contribution is 0.0698. The Labute approximate surface area is 169 Å². The van der Waals surface area contributed by atoms with Gasteiger partial charge in [-0.25, -0.2) is 4.99 Å². The van der Waals surface area contributed by atoms with E-state index >= 15 is 0 Å². The molecule has 28 heavy (non-hydrogen) atoms. The molecule has 0 saturated carbocycles. The van der Waals surface area contributed by atoms with Crippen LogP contribution in [-0.2, 0) is 20.8 Å². The number of hydrogen-bond donors (Lipinski definition) is 2. The quantitative estimate of drug-likeness (QED) is 0.270. The van der Waals surface area contributed by atoms with Crippen LogP contribution in [0.3, 0.4) is 0 Å². The van der Waals surface area contributed by atoms with Crippen molar-refractivity contribution < 1.29 is 18.9 Å². The van der Waals surface area contributed by atoms with Gasteiger partial charge in [0.05, 0.1) is 26.4 Å². The van der Waals surface area contributed by atoms with Crippen molar-refractivity contribution in [3.05, 3.63) is 29.3 Å². The zero-order chi connectivity index (χ0) is 20.5. The van der Waals surface area contributed by atoms with Crippen molar-refractivity contribution >= 4 is 5.96 Å². The molecule has 0 aliphatic carbocycles. The van der Waals surface area contributed by atoms with E-state index in [-0.39, 0.29) is 0 Å². The van der Waals surface area contributed by atoms with Crippen LogP contribution in [-0.4, -0.2) is 65.8 Å². The van der Waals surface area contributed by atoms with Crippen LogP contribution in [0.2, 0.25) is 0 Å². The van der Waals surface area contributed by atoms with Crippen LogP contribution in [0, 0.1) is 6.92 Å². The van der Waals surface area contributed by atoms with E-state index in [4.69, 9.17) is 18.9 Å². The smallest absolute Gasteiger partial charge is 0.191 e. The van der Waals surface area contributed by atoms with Crippen LogP contribution in [0.1, 0.15) is 31.4 Å². The molecular formula is C21H37N3O4. The van der Waals surface area contributed by atoms with Gasteiger partial charge in [0.15, 0.2) is 5.96 Å². The van der Waals surface area contributed by atoms with Crippen molar-refractivity contribution in [1.29, 1.82) is 0 Å². The molecule has 7 heteroatoms. The largest absolute Gasteiger partial charge is 0.491 e. The maximum Gasteiger partial charge on any atom is 0.191 e. The molecule has 7 nitrogen and oxygen atoms in total. The lowest BCUT2D eigenvalue weighted by Crippen LogP contribution is -2.38. The highest BCUT2D eigenvalue weighted by Gasteiger charge is 2.05. The summed E-state index contributed by atoms with van der Waals surface area (Å²) >= 11 is 0. The summed E-state index contributed by atoms with van der Waals surface area (Å²) in [5.41, 5.74) is 2.22. The molecule has 0 bridgehead atoms. The van der Waals surface area contributed by atoms with Crippen LogP contribution in [0.15, 0.2) is 23.2 Å². The van der Waals surface area contributed by atoms with Crippen LogP contribution in [0.4, 0.5) is 0 Å². The minimum atomic E-state index is 0.537. The Hall–Kier alpha value is -1.83. The predicted molar refractivity (Wildman–Crippen MR) is 113 cm³/mol. The number of ether oxygens (including phenoxy) is 4.